The smallest absolute Gasteiger partial charge is 0.376 e. The van der Waals surface area contributed by atoms with Crippen molar-refractivity contribution in [2.75, 3.05) is 7.11 Å². The predicted octanol–water partition coefficient (Wildman–Crippen LogP) is 4.20. The summed E-state index contributed by atoms with van der Waals surface area (Å²) in [6.07, 6.45) is 1.58. The number of ether oxygens (including phenoxy) is 1. The van der Waals surface area contributed by atoms with Gasteiger partial charge in [0.05, 0.1) is 12.8 Å². The standard InChI is InChI=1S/C17H21NO3/c1-5-6-14-15(17(19)20-4)21-16(18-14)13-9-7-12(8-10-13)11(2)3/h7-11H,5-6H2,1-4H3. The fraction of sp³-hybridized carbons (Fsp3) is 0.412. The number of hydrogen-bond donors (Lipinski definition) is 0. The molecule has 0 spiro atoms. The molecule has 0 unspecified atom stereocenters. The van der Waals surface area contributed by atoms with Crippen molar-refractivity contribution in [3.63, 3.8) is 0 Å². The predicted molar refractivity (Wildman–Crippen MR) is 81.4 cm³/mol. The second-order valence-electron chi connectivity index (χ2n) is 5.31. The summed E-state index contributed by atoms with van der Waals surface area (Å²) in [6, 6.07) is 8.05. The number of oxazole rings is 1. The van der Waals surface area contributed by atoms with Crippen molar-refractivity contribution in [2.45, 2.75) is 39.5 Å². The number of nitrogens with zero attached hydrogens (tertiary/aromatic N) is 1. The molecule has 0 aliphatic carbocycles. The van der Waals surface area contributed by atoms with Crippen molar-refractivity contribution in [3.05, 3.63) is 41.3 Å². The van der Waals surface area contributed by atoms with Gasteiger partial charge in [-0.3, -0.25) is 0 Å². The highest BCUT2D eigenvalue weighted by Crippen LogP contribution is 2.25. The molecule has 0 aliphatic heterocycles. The highest BCUT2D eigenvalue weighted by molar-refractivity contribution is 5.88. The summed E-state index contributed by atoms with van der Waals surface area (Å²) in [5.74, 6) is 0.678. The first kappa shape index (κ1) is 15.3. The van der Waals surface area contributed by atoms with Gasteiger partial charge in [0.2, 0.25) is 11.7 Å². The summed E-state index contributed by atoms with van der Waals surface area (Å²) in [5.41, 5.74) is 2.78. The molecule has 0 fully saturated rings. The Bertz CT molecular complexity index is 611. The molecule has 0 N–H and O–H groups in total. The monoisotopic (exact) mass is 287 g/mol. The third kappa shape index (κ3) is 3.32. The van der Waals surface area contributed by atoms with Crippen molar-refractivity contribution in [1.82, 2.24) is 4.98 Å². The van der Waals surface area contributed by atoms with E-state index in [4.69, 9.17) is 9.15 Å². The van der Waals surface area contributed by atoms with Gasteiger partial charge in [-0.05, 0) is 30.0 Å². The van der Waals surface area contributed by atoms with E-state index in [-0.39, 0.29) is 5.76 Å². The minimum Gasteiger partial charge on any atom is -0.463 e. The number of rotatable bonds is 5. The van der Waals surface area contributed by atoms with Crippen LogP contribution in [0.5, 0.6) is 0 Å². The molecule has 2 aromatic rings. The summed E-state index contributed by atoms with van der Waals surface area (Å²) in [6.45, 7) is 6.33. The first-order chi connectivity index (χ1) is 10.1. The average molecular weight is 287 g/mol. The van der Waals surface area contributed by atoms with Gasteiger partial charge >= 0.3 is 5.97 Å². The molecule has 0 bridgehead atoms. The Morgan fingerprint density at radius 3 is 2.48 bits per heavy atom. The van der Waals surface area contributed by atoms with E-state index in [2.05, 4.69) is 31.0 Å². The lowest BCUT2D eigenvalue weighted by molar-refractivity contribution is 0.0564. The highest BCUT2D eigenvalue weighted by Gasteiger charge is 2.21. The molecule has 1 heterocycles. The van der Waals surface area contributed by atoms with Gasteiger partial charge in [0, 0.05) is 5.56 Å². The molecule has 2 rings (SSSR count). The number of aromatic nitrogens is 1. The summed E-state index contributed by atoms with van der Waals surface area (Å²) in [7, 11) is 1.34. The third-order valence-electron chi connectivity index (χ3n) is 3.38. The Hall–Kier alpha value is -2.10. The van der Waals surface area contributed by atoms with Gasteiger partial charge in [0.1, 0.15) is 0 Å². The Labute approximate surface area is 125 Å². The van der Waals surface area contributed by atoms with Crippen molar-refractivity contribution >= 4 is 5.97 Å². The summed E-state index contributed by atoms with van der Waals surface area (Å²) in [5, 5.41) is 0. The molecule has 21 heavy (non-hydrogen) atoms. The molecule has 0 saturated carbocycles. The number of aryl methyl sites for hydroxylation is 1. The van der Waals surface area contributed by atoms with Gasteiger partial charge in [-0.25, -0.2) is 9.78 Å². The van der Waals surface area contributed by atoms with Gasteiger partial charge < -0.3 is 9.15 Å². The average Bonchev–Trinajstić information content (AvgIpc) is 2.91. The SMILES string of the molecule is CCCc1nc(-c2ccc(C(C)C)cc2)oc1C(=O)OC. The van der Waals surface area contributed by atoms with E-state index in [1.165, 1.54) is 12.7 Å². The van der Waals surface area contributed by atoms with Crippen LogP contribution in [0, 0.1) is 0 Å². The Morgan fingerprint density at radius 2 is 1.95 bits per heavy atom. The van der Waals surface area contributed by atoms with Gasteiger partial charge in [-0.15, -0.1) is 0 Å². The normalized spacial score (nSPS) is 10.9. The van der Waals surface area contributed by atoms with Crippen molar-refractivity contribution in [1.29, 1.82) is 0 Å². The minimum atomic E-state index is -0.476. The molecule has 0 aliphatic rings. The van der Waals surface area contributed by atoms with Crippen molar-refractivity contribution in [3.8, 4) is 11.5 Å². The van der Waals surface area contributed by atoms with Crippen LogP contribution in [0.1, 0.15) is 54.9 Å². The number of carbonyl (C=O) groups is 1. The zero-order chi connectivity index (χ0) is 15.4. The fourth-order valence-electron chi connectivity index (χ4n) is 2.14. The van der Waals surface area contributed by atoms with Crippen LogP contribution in [0.4, 0.5) is 0 Å². The second kappa shape index (κ2) is 6.57. The first-order valence-corrected chi connectivity index (χ1v) is 7.25. The van der Waals surface area contributed by atoms with E-state index in [0.29, 0.717) is 23.9 Å². The topological polar surface area (TPSA) is 52.3 Å². The van der Waals surface area contributed by atoms with Crippen LogP contribution in [-0.4, -0.2) is 18.1 Å². The molecule has 0 saturated heterocycles. The van der Waals surface area contributed by atoms with Gasteiger partial charge in [-0.2, -0.15) is 0 Å². The number of methoxy groups -OCH3 is 1. The molecule has 112 valence electrons. The molecule has 0 amide bonds. The number of hydrogen-bond acceptors (Lipinski definition) is 4. The van der Waals surface area contributed by atoms with Crippen LogP contribution in [0.25, 0.3) is 11.5 Å². The van der Waals surface area contributed by atoms with E-state index >= 15 is 0 Å². The van der Waals surface area contributed by atoms with E-state index in [1.54, 1.807) is 0 Å². The molecule has 0 radical (unpaired) electrons. The molecule has 1 aromatic heterocycles. The first-order valence-electron chi connectivity index (χ1n) is 7.25. The number of benzene rings is 1. The Kier molecular flexibility index (Phi) is 4.78. The van der Waals surface area contributed by atoms with Crippen LogP contribution in [0.3, 0.4) is 0 Å². The van der Waals surface area contributed by atoms with E-state index < -0.39 is 5.97 Å². The Morgan fingerprint density at radius 1 is 1.29 bits per heavy atom. The van der Waals surface area contributed by atoms with Gasteiger partial charge in [-0.1, -0.05) is 39.3 Å². The van der Waals surface area contributed by atoms with Crippen LogP contribution in [0.2, 0.25) is 0 Å². The zero-order valence-corrected chi connectivity index (χ0v) is 13.0. The molecule has 4 nitrogen and oxygen atoms in total. The van der Waals surface area contributed by atoms with Gasteiger partial charge in [0.25, 0.3) is 0 Å². The third-order valence-corrected chi connectivity index (χ3v) is 3.38. The summed E-state index contributed by atoms with van der Waals surface area (Å²) < 4.78 is 10.4. The maximum absolute atomic E-state index is 11.7. The molecule has 4 heteroatoms. The fourth-order valence-corrected chi connectivity index (χ4v) is 2.14. The van der Waals surface area contributed by atoms with Gasteiger partial charge in [0.15, 0.2) is 0 Å². The summed E-state index contributed by atoms with van der Waals surface area (Å²) in [4.78, 5) is 16.2. The maximum Gasteiger partial charge on any atom is 0.376 e. The van der Waals surface area contributed by atoms with E-state index in [9.17, 15) is 4.79 Å². The lowest BCUT2D eigenvalue weighted by Gasteiger charge is -2.04. The van der Waals surface area contributed by atoms with Crippen LogP contribution < -0.4 is 0 Å². The van der Waals surface area contributed by atoms with Crippen LogP contribution >= 0.6 is 0 Å². The maximum atomic E-state index is 11.7. The van der Waals surface area contributed by atoms with E-state index in [0.717, 1.165) is 12.0 Å². The molecule has 1 aromatic carbocycles. The highest BCUT2D eigenvalue weighted by atomic mass is 16.5. The minimum absolute atomic E-state index is 0.210. The quantitative estimate of drug-likeness (QED) is 0.773. The lowest BCUT2D eigenvalue weighted by atomic mass is 10.0. The largest absolute Gasteiger partial charge is 0.463 e. The second-order valence-corrected chi connectivity index (χ2v) is 5.31. The summed E-state index contributed by atoms with van der Waals surface area (Å²) >= 11 is 0. The van der Waals surface area contributed by atoms with Crippen molar-refractivity contribution < 1.29 is 13.9 Å². The molecular formula is C17H21NO3. The van der Waals surface area contributed by atoms with E-state index in [1.807, 2.05) is 19.1 Å². The zero-order valence-electron chi connectivity index (χ0n) is 13.0. The molecular weight excluding hydrogens is 266 g/mol. The Balaban J connectivity index is 2.37. The van der Waals surface area contributed by atoms with Crippen LogP contribution in [0.15, 0.2) is 28.7 Å². The lowest BCUT2D eigenvalue weighted by Crippen LogP contribution is -2.03. The van der Waals surface area contributed by atoms with Crippen molar-refractivity contribution in [2.24, 2.45) is 0 Å². The van der Waals surface area contributed by atoms with Crippen LogP contribution in [-0.2, 0) is 11.2 Å². The number of esters is 1. The molecule has 0 atom stereocenters. The number of carbonyl (C=O) groups excluding carboxylic acids is 1.